The highest BCUT2D eigenvalue weighted by Gasteiger charge is 2.04. The third-order valence-electron chi connectivity index (χ3n) is 1.34. The third-order valence-corrected chi connectivity index (χ3v) is 1.34. The topological polar surface area (TPSA) is 82.0 Å². The monoisotopic (exact) mass is 151 g/mol. The summed E-state index contributed by atoms with van der Waals surface area (Å²) in [5, 5.41) is 0. The van der Waals surface area contributed by atoms with Crippen LogP contribution in [0.2, 0.25) is 0 Å². The summed E-state index contributed by atoms with van der Waals surface area (Å²) in [7, 11) is 0. The van der Waals surface area contributed by atoms with E-state index >= 15 is 0 Å². The Kier molecular flexibility index (Phi) is 1.76. The maximum atomic E-state index is 10.9. The molecule has 0 bridgehead atoms. The SMILES string of the molecule is CC(=O)c1cc(N)ncc1N. The Morgan fingerprint density at radius 3 is 2.64 bits per heavy atom. The molecule has 0 radical (unpaired) electrons. The van der Waals surface area contributed by atoms with Crippen LogP contribution < -0.4 is 11.5 Å². The zero-order valence-electron chi connectivity index (χ0n) is 6.16. The van der Waals surface area contributed by atoms with Crippen molar-refractivity contribution in [2.45, 2.75) is 6.92 Å². The van der Waals surface area contributed by atoms with E-state index in [0.717, 1.165) is 0 Å². The number of carbonyl (C=O) groups is 1. The number of hydrogen-bond donors (Lipinski definition) is 2. The Bertz CT molecular complexity index is 296. The Morgan fingerprint density at radius 1 is 1.55 bits per heavy atom. The van der Waals surface area contributed by atoms with Gasteiger partial charge >= 0.3 is 0 Å². The van der Waals surface area contributed by atoms with Gasteiger partial charge in [0.15, 0.2) is 5.78 Å². The minimum atomic E-state index is -0.100. The summed E-state index contributed by atoms with van der Waals surface area (Å²) < 4.78 is 0. The highest BCUT2D eigenvalue weighted by Crippen LogP contribution is 2.12. The van der Waals surface area contributed by atoms with Crippen molar-refractivity contribution in [3.63, 3.8) is 0 Å². The smallest absolute Gasteiger partial charge is 0.162 e. The highest BCUT2D eigenvalue weighted by atomic mass is 16.1. The maximum absolute atomic E-state index is 10.9. The van der Waals surface area contributed by atoms with Crippen LogP contribution in [0.3, 0.4) is 0 Å². The Morgan fingerprint density at radius 2 is 2.18 bits per heavy atom. The van der Waals surface area contributed by atoms with Crippen molar-refractivity contribution in [2.24, 2.45) is 0 Å². The van der Waals surface area contributed by atoms with E-state index in [1.807, 2.05) is 0 Å². The van der Waals surface area contributed by atoms with E-state index in [-0.39, 0.29) is 5.78 Å². The van der Waals surface area contributed by atoms with Crippen LogP contribution in [0, 0.1) is 0 Å². The number of pyridine rings is 1. The molecule has 0 fully saturated rings. The molecule has 0 amide bonds. The average Bonchev–Trinajstić information content (AvgIpc) is 1.94. The summed E-state index contributed by atoms with van der Waals surface area (Å²) in [5.74, 6) is 0.209. The van der Waals surface area contributed by atoms with Crippen LogP contribution in [0.15, 0.2) is 12.3 Å². The predicted molar refractivity (Wildman–Crippen MR) is 43.1 cm³/mol. The standard InChI is InChI=1S/C7H9N3O/c1-4(11)5-2-7(9)10-3-6(5)8/h2-3H,8H2,1H3,(H2,9,10). The third kappa shape index (κ3) is 1.46. The van der Waals surface area contributed by atoms with Crippen molar-refractivity contribution in [3.05, 3.63) is 17.8 Å². The molecule has 4 nitrogen and oxygen atoms in total. The van der Waals surface area contributed by atoms with Crippen LogP contribution >= 0.6 is 0 Å². The normalized spacial score (nSPS) is 9.55. The first-order valence-corrected chi connectivity index (χ1v) is 3.13. The quantitative estimate of drug-likeness (QED) is 0.571. The minimum absolute atomic E-state index is 0.100. The molecule has 0 aliphatic carbocycles. The van der Waals surface area contributed by atoms with Gasteiger partial charge in [-0.1, -0.05) is 0 Å². The number of anilines is 2. The van der Waals surface area contributed by atoms with Crippen molar-refractivity contribution < 1.29 is 4.79 Å². The zero-order chi connectivity index (χ0) is 8.43. The number of Topliss-reactive ketones (excluding diaryl/α,β-unsaturated/α-hetero) is 1. The van der Waals surface area contributed by atoms with Gasteiger partial charge in [0.2, 0.25) is 0 Å². The number of ketones is 1. The maximum Gasteiger partial charge on any atom is 0.162 e. The fourth-order valence-electron chi connectivity index (χ4n) is 0.787. The molecule has 4 heteroatoms. The van der Waals surface area contributed by atoms with Crippen LogP contribution in [0.4, 0.5) is 11.5 Å². The molecule has 0 aliphatic heterocycles. The summed E-state index contributed by atoms with van der Waals surface area (Å²) in [6, 6.07) is 1.47. The number of hydrogen-bond acceptors (Lipinski definition) is 4. The van der Waals surface area contributed by atoms with Gasteiger partial charge in [-0.05, 0) is 13.0 Å². The summed E-state index contributed by atoms with van der Waals surface area (Å²) >= 11 is 0. The van der Waals surface area contributed by atoms with Crippen molar-refractivity contribution in [1.82, 2.24) is 4.98 Å². The molecule has 0 atom stereocenters. The fraction of sp³-hybridized carbons (Fsp3) is 0.143. The minimum Gasteiger partial charge on any atom is -0.397 e. The van der Waals surface area contributed by atoms with E-state index < -0.39 is 0 Å². The molecule has 0 spiro atoms. The van der Waals surface area contributed by atoms with Crippen LogP contribution in [0.25, 0.3) is 0 Å². The van der Waals surface area contributed by atoms with Gasteiger partial charge in [-0.3, -0.25) is 4.79 Å². The second-order valence-electron chi connectivity index (χ2n) is 2.25. The summed E-state index contributed by atoms with van der Waals surface area (Å²) in [6.07, 6.45) is 1.38. The fourth-order valence-corrected chi connectivity index (χ4v) is 0.787. The predicted octanol–water partition coefficient (Wildman–Crippen LogP) is 0.449. The molecule has 1 aromatic rings. The summed E-state index contributed by atoms with van der Waals surface area (Å²) in [6.45, 7) is 1.44. The summed E-state index contributed by atoms with van der Waals surface area (Å²) in [4.78, 5) is 14.6. The zero-order valence-corrected chi connectivity index (χ0v) is 6.16. The molecule has 1 heterocycles. The second-order valence-corrected chi connectivity index (χ2v) is 2.25. The molecule has 4 N–H and O–H groups in total. The van der Waals surface area contributed by atoms with Gasteiger partial charge in [-0.25, -0.2) is 4.98 Å². The lowest BCUT2D eigenvalue weighted by Crippen LogP contribution is -2.02. The molecule has 11 heavy (non-hydrogen) atoms. The first-order chi connectivity index (χ1) is 5.11. The molecule has 0 aliphatic rings. The van der Waals surface area contributed by atoms with E-state index in [1.54, 1.807) is 0 Å². The number of rotatable bonds is 1. The lowest BCUT2D eigenvalue weighted by molar-refractivity contribution is 0.101. The Labute approximate surface area is 64.2 Å². The van der Waals surface area contributed by atoms with Gasteiger partial charge in [0.25, 0.3) is 0 Å². The van der Waals surface area contributed by atoms with Gasteiger partial charge in [0.05, 0.1) is 11.9 Å². The molecule has 0 saturated carbocycles. The average molecular weight is 151 g/mol. The van der Waals surface area contributed by atoms with Crippen molar-refractivity contribution in [1.29, 1.82) is 0 Å². The van der Waals surface area contributed by atoms with Gasteiger partial charge < -0.3 is 11.5 Å². The molecule has 0 aromatic carbocycles. The highest BCUT2D eigenvalue weighted by molar-refractivity contribution is 5.99. The number of nitrogen functional groups attached to an aromatic ring is 2. The van der Waals surface area contributed by atoms with Gasteiger partial charge in [0.1, 0.15) is 5.82 Å². The number of aromatic nitrogens is 1. The first-order valence-electron chi connectivity index (χ1n) is 3.13. The van der Waals surface area contributed by atoms with Crippen molar-refractivity contribution >= 4 is 17.3 Å². The second kappa shape index (κ2) is 2.57. The largest absolute Gasteiger partial charge is 0.397 e. The first kappa shape index (κ1) is 7.53. The lowest BCUT2D eigenvalue weighted by atomic mass is 10.1. The molecule has 0 unspecified atom stereocenters. The molecular formula is C7H9N3O. The van der Waals surface area contributed by atoms with Crippen molar-refractivity contribution in [3.8, 4) is 0 Å². The Balaban J connectivity index is 3.23. The molecule has 1 aromatic heterocycles. The number of nitrogens with zero attached hydrogens (tertiary/aromatic N) is 1. The van der Waals surface area contributed by atoms with Gasteiger partial charge in [-0.15, -0.1) is 0 Å². The number of carbonyl (C=O) groups excluding carboxylic acids is 1. The van der Waals surface area contributed by atoms with Crippen LogP contribution in [0.5, 0.6) is 0 Å². The van der Waals surface area contributed by atoms with Gasteiger partial charge in [0, 0.05) is 5.56 Å². The van der Waals surface area contributed by atoms with E-state index in [4.69, 9.17) is 11.5 Å². The van der Waals surface area contributed by atoms with E-state index in [9.17, 15) is 4.79 Å². The van der Waals surface area contributed by atoms with Crippen molar-refractivity contribution in [2.75, 3.05) is 11.5 Å². The van der Waals surface area contributed by atoms with Gasteiger partial charge in [-0.2, -0.15) is 0 Å². The molecule has 1 rings (SSSR count). The lowest BCUT2D eigenvalue weighted by Gasteiger charge is -2.00. The van der Waals surface area contributed by atoms with Crippen LogP contribution in [-0.2, 0) is 0 Å². The molecular weight excluding hydrogens is 142 g/mol. The molecule has 58 valence electrons. The Hall–Kier alpha value is -1.58. The summed E-state index contributed by atoms with van der Waals surface area (Å²) in [5.41, 5.74) is 11.6. The number of nitrogens with two attached hydrogens (primary N) is 2. The van der Waals surface area contributed by atoms with Crippen LogP contribution in [0.1, 0.15) is 17.3 Å². The van der Waals surface area contributed by atoms with E-state index in [2.05, 4.69) is 4.98 Å². The molecule has 0 saturated heterocycles. The van der Waals surface area contributed by atoms with E-state index in [0.29, 0.717) is 17.1 Å². The van der Waals surface area contributed by atoms with Crippen LogP contribution in [-0.4, -0.2) is 10.8 Å². The van der Waals surface area contributed by atoms with E-state index in [1.165, 1.54) is 19.2 Å².